The lowest BCUT2D eigenvalue weighted by Crippen LogP contribution is -2.35. The third-order valence-corrected chi connectivity index (χ3v) is 7.78. The average molecular weight is 613 g/mol. The van der Waals surface area contributed by atoms with E-state index in [1.54, 1.807) is 14.2 Å². The molecule has 0 aliphatic rings. The van der Waals surface area contributed by atoms with Crippen LogP contribution in [0.1, 0.15) is 117 Å². The Balaban J connectivity index is 3.34. The van der Waals surface area contributed by atoms with Crippen LogP contribution in [-0.2, 0) is 42.7 Å². The number of ether oxygens (including phenoxy) is 6. The van der Waals surface area contributed by atoms with Crippen LogP contribution < -0.4 is 0 Å². The fourth-order valence-electron chi connectivity index (χ4n) is 4.36. The van der Waals surface area contributed by atoms with Crippen molar-refractivity contribution in [3.8, 4) is 0 Å². The minimum absolute atomic E-state index is 0.0382. The lowest BCUT2D eigenvalue weighted by Gasteiger charge is -2.25. The molecule has 0 saturated carbocycles. The van der Waals surface area contributed by atoms with E-state index in [1.165, 1.54) is 77.0 Å². The second-order valence-electron chi connectivity index (χ2n) is 11.0. The summed E-state index contributed by atoms with van der Waals surface area (Å²) in [5, 5.41) is 0. The van der Waals surface area contributed by atoms with Gasteiger partial charge in [-0.3, -0.25) is 4.18 Å². The highest BCUT2D eigenvalue weighted by Crippen LogP contribution is 2.15. The summed E-state index contributed by atoms with van der Waals surface area (Å²) in [5.41, 5.74) is 0. The molecule has 0 fully saturated rings. The van der Waals surface area contributed by atoms with E-state index in [1.807, 2.05) is 6.92 Å². The summed E-state index contributed by atoms with van der Waals surface area (Å²) in [6.07, 6.45) is 21.5. The summed E-state index contributed by atoms with van der Waals surface area (Å²) in [7, 11) is -0.109. The molecule has 0 amide bonds. The minimum atomic E-state index is -3.40. The van der Waals surface area contributed by atoms with Gasteiger partial charge in [0.25, 0.3) is 10.1 Å². The first kappa shape index (κ1) is 40.7. The second kappa shape index (κ2) is 28.4. The maximum Gasteiger partial charge on any atom is 0.264 e. The van der Waals surface area contributed by atoms with E-state index in [9.17, 15) is 8.42 Å². The third-order valence-electron chi connectivity index (χ3n) is 7.18. The maximum atomic E-state index is 10.8. The Morgan fingerprint density at radius 3 is 1.56 bits per heavy atom. The molecule has 1 atom stereocenters. The highest BCUT2D eigenvalue weighted by molar-refractivity contribution is 7.85. The van der Waals surface area contributed by atoms with Crippen molar-refractivity contribution in [2.45, 2.75) is 128 Å². The fourth-order valence-corrected chi connectivity index (χ4v) is 4.73. The monoisotopic (exact) mass is 612 g/mol. The maximum absolute atomic E-state index is 10.8. The molecular formula is C31H64O9S. The molecule has 10 heteroatoms. The molecule has 0 N–H and O–H groups in total. The zero-order valence-electron chi connectivity index (χ0n) is 27.1. The number of rotatable bonds is 33. The molecule has 0 aromatic carbocycles. The van der Waals surface area contributed by atoms with E-state index >= 15 is 0 Å². The van der Waals surface area contributed by atoms with Crippen LogP contribution in [0.3, 0.4) is 0 Å². The van der Waals surface area contributed by atoms with Gasteiger partial charge in [-0.2, -0.15) is 8.42 Å². The molecule has 248 valence electrons. The molecular weight excluding hydrogens is 548 g/mol. The molecule has 0 aliphatic carbocycles. The Bertz CT molecular complexity index is 641. The van der Waals surface area contributed by atoms with E-state index in [0.717, 1.165) is 45.2 Å². The summed E-state index contributed by atoms with van der Waals surface area (Å²) in [6, 6.07) is 0. The second-order valence-corrected chi connectivity index (χ2v) is 12.6. The van der Waals surface area contributed by atoms with Gasteiger partial charge in [0.2, 0.25) is 0 Å². The molecule has 0 saturated heterocycles. The highest BCUT2D eigenvalue weighted by Gasteiger charge is 2.22. The van der Waals surface area contributed by atoms with Crippen LogP contribution in [0.15, 0.2) is 0 Å². The van der Waals surface area contributed by atoms with Gasteiger partial charge in [-0.15, -0.1) is 0 Å². The van der Waals surface area contributed by atoms with Crippen LogP contribution in [0.2, 0.25) is 0 Å². The van der Waals surface area contributed by atoms with Crippen molar-refractivity contribution in [1.82, 2.24) is 0 Å². The van der Waals surface area contributed by atoms with E-state index < -0.39 is 15.9 Å². The first-order chi connectivity index (χ1) is 19.8. The first-order valence-electron chi connectivity index (χ1n) is 16.1. The van der Waals surface area contributed by atoms with Gasteiger partial charge in [-0.1, -0.05) is 84.0 Å². The molecule has 0 spiro atoms. The number of methoxy groups -OCH3 is 2. The summed E-state index contributed by atoms with van der Waals surface area (Å²) < 4.78 is 59.3. The molecule has 0 aromatic heterocycles. The van der Waals surface area contributed by atoms with Crippen LogP contribution in [-0.4, -0.2) is 93.6 Å². The Labute approximate surface area is 252 Å². The lowest BCUT2D eigenvalue weighted by atomic mass is 10.0. The largest absolute Gasteiger partial charge is 0.379 e. The summed E-state index contributed by atoms with van der Waals surface area (Å²) in [6.45, 7) is 7.89. The summed E-state index contributed by atoms with van der Waals surface area (Å²) in [5.74, 6) is -0.631. The highest BCUT2D eigenvalue weighted by atomic mass is 32.2. The van der Waals surface area contributed by atoms with E-state index in [0.29, 0.717) is 32.5 Å². The molecule has 0 bridgehead atoms. The third kappa shape index (κ3) is 29.5. The normalized spacial score (nSPS) is 13.2. The van der Waals surface area contributed by atoms with Gasteiger partial charge < -0.3 is 28.4 Å². The van der Waals surface area contributed by atoms with Gasteiger partial charge in [0.1, 0.15) is 6.61 Å². The van der Waals surface area contributed by atoms with Crippen LogP contribution >= 0.6 is 0 Å². The number of hydrogen-bond acceptors (Lipinski definition) is 9. The SMILES string of the molecule is CCC(CCCCCCCCCCCCCCCOCC(C)(OC)OC)OCCCOCCOCCOS(C)(=O)=O. The molecule has 9 nitrogen and oxygen atoms in total. The Kier molecular flexibility index (Phi) is 28.2. The van der Waals surface area contributed by atoms with Gasteiger partial charge in [0.05, 0.1) is 38.8 Å². The van der Waals surface area contributed by atoms with Crippen molar-refractivity contribution in [2.75, 3.05) is 73.3 Å². The summed E-state index contributed by atoms with van der Waals surface area (Å²) in [4.78, 5) is 0. The van der Waals surface area contributed by atoms with Gasteiger partial charge in [0, 0.05) is 34.0 Å². The zero-order valence-corrected chi connectivity index (χ0v) is 27.9. The Morgan fingerprint density at radius 2 is 1.05 bits per heavy atom. The quantitative estimate of drug-likeness (QED) is 0.0457. The molecule has 0 rings (SSSR count). The number of hydrogen-bond donors (Lipinski definition) is 0. The van der Waals surface area contributed by atoms with Crippen molar-refractivity contribution in [1.29, 1.82) is 0 Å². The van der Waals surface area contributed by atoms with Gasteiger partial charge in [-0.25, -0.2) is 0 Å². The smallest absolute Gasteiger partial charge is 0.264 e. The Hall–Kier alpha value is -0.330. The molecule has 0 aromatic rings. The minimum Gasteiger partial charge on any atom is -0.379 e. The van der Waals surface area contributed by atoms with Crippen molar-refractivity contribution < 1.29 is 41.0 Å². The average Bonchev–Trinajstić information content (AvgIpc) is 2.95. The van der Waals surface area contributed by atoms with Gasteiger partial charge in [0.15, 0.2) is 5.79 Å². The van der Waals surface area contributed by atoms with Crippen LogP contribution in [0.5, 0.6) is 0 Å². The number of unbranched alkanes of at least 4 members (excludes halogenated alkanes) is 12. The van der Waals surface area contributed by atoms with Crippen LogP contribution in [0.4, 0.5) is 0 Å². The van der Waals surface area contributed by atoms with Gasteiger partial charge in [-0.05, 0) is 32.6 Å². The van der Waals surface area contributed by atoms with E-state index in [-0.39, 0.29) is 13.2 Å². The predicted molar refractivity (Wildman–Crippen MR) is 165 cm³/mol. The van der Waals surface area contributed by atoms with Crippen molar-refractivity contribution in [3.63, 3.8) is 0 Å². The van der Waals surface area contributed by atoms with Gasteiger partial charge >= 0.3 is 0 Å². The van der Waals surface area contributed by atoms with E-state index in [4.69, 9.17) is 28.4 Å². The molecule has 0 aliphatic heterocycles. The molecule has 0 radical (unpaired) electrons. The lowest BCUT2D eigenvalue weighted by molar-refractivity contribution is -0.222. The van der Waals surface area contributed by atoms with Crippen molar-refractivity contribution >= 4 is 10.1 Å². The predicted octanol–water partition coefficient (Wildman–Crippen LogP) is 6.67. The molecule has 1 unspecified atom stereocenters. The van der Waals surface area contributed by atoms with Crippen molar-refractivity contribution in [2.24, 2.45) is 0 Å². The topological polar surface area (TPSA) is 98.8 Å². The van der Waals surface area contributed by atoms with Crippen molar-refractivity contribution in [3.05, 3.63) is 0 Å². The molecule has 41 heavy (non-hydrogen) atoms. The Morgan fingerprint density at radius 1 is 0.585 bits per heavy atom. The summed E-state index contributed by atoms with van der Waals surface area (Å²) >= 11 is 0. The first-order valence-corrected chi connectivity index (χ1v) is 17.9. The fraction of sp³-hybridized carbons (Fsp3) is 1.00. The standard InChI is InChI=1S/C31H64O9S/c1-6-30(39-24-20-23-36-25-26-37-27-28-40-41(5,32)33)21-18-16-14-12-10-8-7-9-11-13-15-17-19-22-38-29-31(2,34-3)35-4/h30H,6-29H2,1-5H3. The zero-order chi connectivity index (χ0) is 30.5. The molecule has 0 heterocycles. The van der Waals surface area contributed by atoms with Crippen LogP contribution in [0, 0.1) is 0 Å². The van der Waals surface area contributed by atoms with E-state index in [2.05, 4.69) is 11.1 Å². The van der Waals surface area contributed by atoms with Crippen LogP contribution in [0.25, 0.3) is 0 Å².